The summed E-state index contributed by atoms with van der Waals surface area (Å²) in [6.45, 7) is 0. The second-order valence-electron chi connectivity index (χ2n) is 4.97. The van der Waals surface area contributed by atoms with E-state index in [4.69, 9.17) is 5.41 Å². The van der Waals surface area contributed by atoms with Crippen molar-refractivity contribution in [2.45, 2.75) is 6.36 Å². The predicted molar refractivity (Wildman–Crippen MR) is 83.6 cm³/mol. The Kier molecular flexibility index (Phi) is 4.07. The maximum absolute atomic E-state index is 12.2. The van der Waals surface area contributed by atoms with E-state index in [1.165, 1.54) is 30.5 Å². The highest BCUT2D eigenvalue weighted by atomic mass is 19.4. The lowest BCUT2D eigenvalue weighted by molar-refractivity contribution is -0.274. The minimum Gasteiger partial charge on any atom is -0.406 e. The Morgan fingerprint density at radius 2 is 1.67 bits per heavy atom. The molecule has 3 rings (SSSR count). The number of ether oxygens (including phenoxy) is 1. The molecule has 0 saturated carbocycles. The van der Waals surface area contributed by atoms with Crippen LogP contribution in [0.3, 0.4) is 0 Å². The molecule has 0 fully saturated rings. The highest BCUT2D eigenvalue weighted by Gasteiger charge is 2.30. The molecule has 0 aliphatic carbocycles. The molecule has 0 bridgehead atoms. The number of alkyl halides is 3. The minimum atomic E-state index is -4.70. The van der Waals surface area contributed by atoms with E-state index in [9.17, 15) is 13.2 Å². The van der Waals surface area contributed by atoms with E-state index in [0.717, 1.165) is 16.8 Å². The van der Waals surface area contributed by atoms with Crippen molar-refractivity contribution in [3.05, 3.63) is 66.6 Å². The standard InChI is InChI=1S/C17H12F3N3O/c18-17(19,20)24-15-7-5-14(6-8-15)23-10-16(22-11-23)13-3-1-12(9-21)2-4-13/h1-11,21H. The van der Waals surface area contributed by atoms with Crippen LogP contribution in [0, 0.1) is 5.41 Å². The van der Waals surface area contributed by atoms with E-state index in [-0.39, 0.29) is 5.75 Å². The molecule has 24 heavy (non-hydrogen) atoms. The largest absolute Gasteiger partial charge is 0.573 e. The van der Waals surface area contributed by atoms with Crippen molar-refractivity contribution < 1.29 is 17.9 Å². The fourth-order valence-corrected chi connectivity index (χ4v) is 2.18. The van der Waals surface area contributed by atoms with Gasteiger partial charge in [0.1, 0.15) is 5.75 Å². The summed E-state index contributed by atoms with van der Waals surface area (Å²) in [5.74, 6) is -0.270. The number of aromatic nitrogens is 2. The lowest BCUT2D eigenvalue weighted by Crippen LogP contribution is -2.17. The van der Waals surface area contributed by atoms with E-state index in [0.29, 0.717) is 5.69 Å². The Bertz CT molecular complexity index is 837. The van der Waals surface area contributed by atoms with E-state index < -0.39 is 6.36 Å². The Hall–Kier alpha value is -3.09. The van der Waals surface area contributed by atoms with Gasteiger partial charge in [0.25, 0.3) is 0 Å². The van der Waals surface area contributed by atoms with E-state index in [1.54, 1.807) is 17.1 Å². The molecule has 122 valence electrons. The zero-order valence-corrected chi connectivity index (χ0v) is 12.3. The zero-order chi connectivity index (χ0) is 17.2. The van der Waals surface area contributed by atoms with Crippen LogP contribution in [0.1, 0.15) is 5.56 Å². The molecule has 0 aliphatic rings. The van der Waals surface area contributed by atoms with Crippen molar-refractivity contribution in [3.8, 4) is 22.7 Å². The van der Waals surface area contributed by atoms with E-state index in [2.05, 4.69) is 9.72 Å². The Morgan fingerprint density at radius 1 is 1.00 bits per heavy atom. The highest BCUT2D eigenvalue weighted by Crippen LogP contribution is 2.24. The fraction of sp³-hybridized carbons (Fsp3) is 0.0588. The maximum atomic E-state index is 12.2. The van der Waals surface area contributed by atoms with Crippen LogP contribution in [-0.4, -0.2) is 22.1 Å². The molecule has 3 aromatic rings. The lowest BCUT2D eigenvalue weighted by atomic mass is 10.1. The molecular formula is C17H12F3N3O. The number of hydrogen-bond acceptors (Lipinski definition) is 3. The molecule has 4 nitrogen and oxygen atoms in total. The Labute approximate surface area is 135 Å². The van der Waals surface area contributed by atoms with Crippen molar-refractivity contribution in [1.29, 1.82) is 5.41 Å². The van der Waals surface area contributed by atoms with Crippen molar-refractivity contribution in [3.63, 3.8) is 0 Å². The first kappa shape index (κ1) is 15.8. The molecule has 0 aliphatic heterocycles. The van der Waals surface area contributed by atoms with Crippen molar-refractivity contribution >= 4 is 6.21 Å². The van der Waals surface area contributed by atoms with Crippen LogP contribution in [0.15, 0.2) is 61.1 Å². The molecule has 0 amide bonds. The smallest absolute Gasteiger partial charge is 0.406 e. The molecule has 0 radical (unpaired) electrons. The molecule has 0 saturated heterocycles. The summed E-state index contributed by atoms with van der Waals surface area (Å²) in [6, 6.07) is 12.9. The fourth-order valence-electron chi connectivity index (χ4n) is 2.18. The van der Waals surface area contributed by atoms with E-state index in [1.807, 2.05) is 24.3 Å². The third-order valence-electron chi connectivity index (χ3n) is 3.32. The number of benzene rings is 2. The molecular weight excluding hydrogens is 319 g/mol. The summed E-state index contributed by atoms with van der Waals surface area (Å²) in [6.07, 6.45) is -0.0855. The van der Waals surface area contributed by atoms with Crippen molar-refractivity contribution in [1.82, 2.24) is 9.55 Å². The molecule has 2 aromatic carbocycles. The normalized spacial score (nSPS) is 11.3. The van der Waals surface area contributed by atoms with Gasteiger partial charge in [-0.05, 0) is 29.8 Å². The third-order valence-corrected chi connectivity index (χ3v) is 3.32. The molecule has 1 N–H and O–H groups in total. The van der Waals surface area contributed by atoms with Crippen LogP contribution >= 0.6 is 0 Å². The topological polar surface area (TPSA) is 50.9 Å². The first-order chi connectivity index (χ1) is 11.4. The number of nitrogens with one attached hydrogen (secondary N) is 1. The summed E-state index contributed by atoms with van der Waals surface area (Å²) in [5.41, 5.74) is 3.07. The number of hydrogen-bond donors (Lipinski definition) is 1. The van der Waals surface area contributed by atoms with Gasteiger partial charge in [0, 0.05) is 23.7 Å². The average Bonchev–Trinajstić information content (AvgIpc) is 3.04. The second-order valence-corrected chi connectivity index (χ2v) is 4.97. The lowest BCUT2D eigenvalue weighted by Gasteiger charge is -2.09. The van der Waals surface area contributed by atoms with Gasteiger partial charge in [0.15, 0.2) is 0 Å². The number of rotatable bonds is 4. The van der Waals surface area contributed by atoms with Gasteiger partial charge in [-0.2, -0.15) is 0 Å². The molecule has 0 unspecified atom stereocenters. The molecule has 7 heteroatoms. The predicted octanol–water partition coefficient (Wildman–Crippen LogP) is 4.44. The SMILES string of the molecule is N=Cc1ccc(-c2cn(-c3ccc(OC(F)(F)F)cc3)cn2)cc1. The Balaban J connectivity index is 1.80. The number of nitrogens with zero attached hydrogens (tertiary/aromatic N) is 2. The maximum Gasteiger partial charge on any atom is 0.573 e. The molecule has 1 heterocycles. The summed E-state index contributed by atoms with van der Waals surface area (Å²) in [5, 5.41) is 7.18. The molecule has 1 aromatic heterocycles. The van der Waals surface area contributed by atoms with Crippen LogP contribution in [0.2, 0.25) is 0 Å². The number of imidazole rings is 1. The summed E-state index contributed by atoms with van der Waals surface area (Å²) in [4.78, 5) is 4.29. The van der Waals surface area contributed by atoms with Crippen LogP contribution in [-0.2, 0) is 0 Å². The summed E-state index contributed by atoms with van der Waals surface area (Å²) < 4.78 is 42.0. The molecule has 0 spiro atoms. The van der Waals surface area contributed by atoms with Gasteiger partial charge in [-0.15, -0.1) is 13.2 Å². The van der Waals surface area contributed by atoms with E-state index >= 15 is 0 Å². The highest BCUT2D eigenvalue weighted by molar-refractivity contribution is 5.78. The quantitative estimate of drug-likeness (QED) is 0.719. The van der Waals surface area contributed by atoms with Crippen LogP contribution in [0.4, 0.5) is 13.2 Å². The monoisotopic (exact) mass is 331 g/mol. The minimum absolute atomic E-state index is 0.270. The van der Waals surface area contributed by atoms with Crippen molar-refractivity contribution in [2.75, 3.05) is 0 Å². The third kappa shape index (κ3) is 3.62. The first-order valence-corrected chi connectivity index (χ1v) is 6.96. The summed E-state index contributed by atoms with van der Waals surface area (Å²) in [7, 11) is 0. The summed E-state index contributed by atoms with van der Waals surface area (Å²) >= 11 is 0. The van der Waals surface area contributed by atoms with Gasteiger partial charge in [-0.1, -0.05) is 24.3 Å². The average molecular weight is 331 g/mol. The van der Waals surface area contributed by atoms with Gasteiger partial charge >= 0.3 is 6.36 Å². The van der Waals surface area contributed by atoms with Gasteiger partial charge in [-0.25, -0.2) is 4.98 Å². The van der Waals surface area contributed by atoms with Crippen LogP contribution in [0.5, 0.6) is 5.75 Å². The Morgan fingerprint density at radius 3 is 2.25 bits per heavy atom. The van der Waals surface area contributed by atoms with Gasteiger partial charge in [0.2, 0.25) is 0 Å². The molecule has 0 atom stereocenters. The number of halogens is 3. The van der Waals surface area contributed by atoms with Gasteiger partial charge in [-0.3, -0.25) is 0 Å². The zero-order valence-electron chi connectivity index (χ0n) is 12.3. The van der Waals surface area contributed by atoms with Gasteiger partial charge in [0.05, 0.1) is 12.0 Å². The van der Waals surface area contributed by atoms with Gasteiger partial charge < -0.3 is 14.7 Å². The second kappa shape index (κ2) is 6.19. The first-order valence-electron chi connectivity index (χ1n) is 6.96. The van der Waals surface area contributed by atoms with Crippen LogP contribution < -0.4 is 4.74 Å². The van der Waals surface area contributed by atoms with Crippen molar-refractivity contribution in [2.24, 2.45) is 0 Å². The van der Waals surface area contributed by atoms with Crippen LogP contribution in [0.25, 0.3) is 16.9 Å².